The molecular weight excluding hydrogens is 364 g/mol. The maximum absolute atomic E-state index is 11.5. The fourth-order valence-electron chi connectivity index (χ4n) is 2.88. The van der Waals surface area contributed by atoms with Gasteiger partial charge in [-0.1, -0.05) is 12.1 Å². The standard InChI is InChI=1S/C20H18N2O6/c1-11-14(9-25-15-6-4-3-5-13(15)19(21)23)22-20(28-11)12-7-16(24-2)18-17(8-12)26-10-27-18/h3-8H,9-10H2,1-2H3,(H2,21,23). The molecule has 1 aliphatic rings. The molecule has 1 aromatic heterocycles. The highest BCUT2D eigenvalue weighted by atomic mass is 16.7. The molecule has 0 aliphatic carbocycles. The lowest BCUT2D eigenvalue weighted by Crippen LogP contribution is -2.13. The van der Waals surface area contributed by atoms with Gasteiger partial charge >= 0.3 is 0 Å². The van der Waals surface area contributed by atoms with Crippen molar-refractivity contribution in [2.24, 2.45) is 5.73 Å². The molecule has 4 rings (SSSR count). The molecule has 0 saturated carbocycles. The second kappa shape index (κ2) is 7.15. The molecule has 8 nitrogen and oxygen atoms in total. The van der Waals surface area contributed by atoms with E-state index in [1.54, 1.807) is 50.4 Å². The van der Waals surface area contributed by atoms with Crippen molar-refractivity contribution >= 4 is 5.91 Å². The van der Waals surface area contributed by atoms with E-state index in [0.29, 0.717) is 51.5 Å². The van der Waals surface area contributed by atoms with Gasteiger partial charge in [-0.25, -0.2) is 4.98 Å². The number of benzene rings is 2. The van der Waals surface area contributed by atoms with Crippen LogP contribution in [0.1, 0.15) is 21.8 Å². The van der Waals surface area contributed by atoms with E-state index in [0.717, 1.165) is 0 Å². The number of carbonyl (C=O) groups excluding carboxylic acids is 1. The van der Waals surface area contributed by atoms with Gasteiger partial charge in [0.05, 0.1) is 12.7 Å². The second-order valence-corrected chi connectivity index (χ2v) is 6.08. The van der Waals surface area contributed by atoms with Gasteiger partial charge in [0.1, 0.15) is 23.8 Å². The van der Waals surface area contributed by atoms with Crippen LogP contribution in [0.4, 0.5) is 0 Å². The zero-order chi connectivity index (χ0) is 19.7. The Kier molecular flexibility index (Phi) is 4.52. The van der Waals surface area contributed by atoms with Crippen molar-refractivity contribution in [1.82, 2.24) is 4.98 Å². The topological polar surface area (TPSA) is 106 Å². The molecular formula is C20H18N2O6. The molecule has 3 aromatic rings. The van der Waals surface area contributed by atoms with Crippen molar-refractivity contribution < 1.29 is 28.2 Å². The number of nitrogens with two attached hydrogens (primary N) is 1. The summed E-state index contributed by atoms with van der Waals surface area (Å²) in [6, 6.07) is 10.3. The number of oxazole rings is 1. The van der Waals surface area contributed by atoms with Gasteiger partial charge in [0.2, 0.25) is 18.4 Å². The third-order valence-corrected chi connectivity index (χ3v) is 4.31. The molecule has 0 saturated heterocycles. The molecule has 0 fully saturated rings. The van der Waals surface area contributed by atoms with E-state index in [2.05, 4.69) is 4.98 Å². The quantitative estimate of drug-likeness (QED) is 0.698. The van der Waals surface area contributed by atoms with Crippen LogP contribution in [-0.2, 0) is 6.61 Å². The fraction of sp³-hybridized carbons (Fsp3) is 0.200. The van der Waals surface area contributed by atoms with Crippen LogP contribution >= 0.6 is 0 Å². The van der Waals surface area contributed by atoms with Crippen molar-refractivity contribution in [3.63, 3.8) is 0 Å². The zero-order valence-electron chi connectivity index (χ0n) is 15.4. The van der Waals surface area contributed by atoms with E-state index in [-0.39, 0.29) is 13.4 Å². The number of methoxy groups -OCH3 is 1. The van der Waals surface area contributed by atoms with Crippen LogP contribution in [-0.4, -0.2) is 24.8 Å². The lowest BCUT2D eigenvalue weighted by molar-refractivity contribution is 0.0996. The number of nitrogens with zero attached hydrogens (tertiary/aromatic N) is 1. The predicted octanol–water partition coefficient (Wildman–Crippen LogP) is 3.07. The Labute approximate surface area is 160 Å². The van der Waals surface area contributed by atoms with Crippen molar-refractivity contribution in [3.8, 4) is 34.5 Å². The number of aromatic nitrogens is 1. The Bertz CT molecular complexity index is 1040. The fourth-order valence-corrected chi connectivity index (χ4v) is 2.88. The molecule has 2 heterocycles. The monoisotopic (exact) mass is 382 g/mol. The number of amides is 1. The molecule has 144 valence electrons. The molecule has 8 heteroatoms. The number of para-hydroxylation sites is 1. The minimum absolute atomic E-state index is 0.126. The minimum atomic E-state index is -0.555. The number of hydrogen-bond acceptors (Lipinski definition) is 7. The lowest BCUT2D eigenvalue weighted by atomic mass is 10.2. The van der Waals surface area contributed by atoms with Crippen molar-refractivity contribution in [3.05, 3.63) is 53.4 Å². The van der Waals surface area contributed by atoms with Gasteiger partial charge in [-0.3, -0.25) is 4.79 Å². The summed E-state index contributed by atoms with van der Waals surface area (Å²) >= 11 is 0. The summed E-state index contributed by atoms with van der Waals surface area (Å²) in [4.78, 5) is 16.0. The van der Waals surface area contributed by atoms with Gasteiger partial charge in [-0.05, 0) is 31.2 Å². The number of rotatable bonds is 6. The summed E-state index contributed by atoms with van der Waals surface area (Å²) in [7, 11) is 1.55. The summed E-state index contributed by atoms with van der Waals surface area (Å²) in [5, 5.41) is 0. The van der Waals surface area contributed by atoms with Crippen LogP contribution in [0, 0.1) is 6.92 Å². The summed E-state index contributed by atoms with van der Waals surface area (Å²) in [5.41, 5.74) is 6.98. The molecule has 2 aromatic carbocycles. The molecule has 0 spiro atoms. The van der Waals surface area contributed by atoms with E-state index < -0.39 is 5.91 Å². The molecule has 0 atom stereocenters. The highest BCUT2D eigenvalue weighted by Gasteiger charge is 2.23. The van der Waals surface area contributed by atoms with E-state index in [9.17, 15) is 4.79 Å². The normalized spacial score (nSPS) is 12.1. The first-order valence-electron chi connectivity index (χ1n) is 8.52. The Morgan fingerprint density at radius 3 is 2.82 bits per heavy atom. The summed E-state index contributed by atoms with van der Waals surface area (Å²) in [6.07, 6.45) is 0. The molecule has 28 heavy (non-hydrogen) atoms. The smallest absolute Gasteiger partial charge is 0.252 e. The number of carbonyl (C=O) groups is 1. The van der Waals surface area contributed by atoms with Gasteiger partial charge in [0.15, 0.2) is 11.5 Å². The van der Waals surface area contributed by atoms with Crippen LogP contribution in [0.3, 0.4) is 0 Å². The number of hydrogen-bond donors (Lipinski definition) is 1. The van der Waals surface area contributed by atoms with Crippen LogP contribution < -0.4 is 24.7 Å². The summed E-state index contributed by atoms with van der Waals surface area (Å²) < 4.78 is 27.7. The largest absolute Gasteiger partial charge is 0.493 e. The maximum atomic E-state index is 11.5. The number of ether oxygens (including phenoxy) is 4. The van der Waals surface area contributed by atoms with E-state index in [1.807, 2.05) is 0 Å². The highest BCUT2D eigenvalue weighted by Crippen LogP contribution is 2.44. The van der Waals surface area contributed by atoms with Gasteiger partial charge in [-0.2, -0.15) is 0 Å². The Hall–Kier alpha value is -3.68. The Balaban J connectivity index is 1.59. The van der Waals surface area contributed by atoms with Crippen molar-refractivity contribution in [2.45, 2.75) is 13.5 Å². The van der Waals surface area contributed by atoms with Crippen LogP contribution in [0.15, 0.2) is 40.8 Å². The molecule has 1 amide bonds. The SMILES string of the molecule is COc1cc(-c2nc(COc3ccccc3C(N)=O)c(C)o2)cc2c1OCO2. The Morgan fingerprint density at radius 2 is 2.04 bits per heavy atom. The molecule has 0 radical (unpaired) electrons. The second-order valence-electron chi connectivity index (χ2n) is 6.08. The highest BCUT2D eigenvalue weighted by molar-refractivity contribution is 5.95. The van der Waals surface area contributed by atoms with Crippen LogP contribution in [0.2, 0.25) is 0 Å². The third kappa shape index (κ3) is 3.20. The average molecular weight is 382 g/mol. The third-order valence-electron chi connectivity index (χ3n) is 4.31. The van der Waals surface area contributed by atoms with Gasteiger partial charge in [0.25, 0.3) is 5.91 Å². The molecule has 0 unspecified atom stereocenters. The first-order chi connectivity index (χ1) is 13.6. The maximum Gasteiger partial charge on any atom is 0.252 e. The Morgan fingerprint density at radius 1 is 1.21 bits per heavy atom. The van der Waals surface area contributed by atoms with Gasteiger partial charge in [0, 0.05) is 5.56 Å². The first-order valence-corrected chi connectivity index (χ1v) is 8.52. The van der Waals surface area contributed by atoms with E-state index >= 15 is 0 Å². The number of fused-ring (bicyclic) bond motifs is 1. The number of primary amides is 1. The molecule has 1 aliphatic heterocycles. The van der Waals surface area contributed by atoms with E-state index in [1.165, 1.54) is 0 Å². The predicted molar refractivity (Wildman–Crippen MR) is 98.6 cm³/mol. The summed E-state index contributed by atoms with van der Waals surface area (Å²) in [5.74, 6) is 2.50. The van der Waals surface area contributed by atoms with Crippen molar-refractivity contribution in [1.29, 1.82) is 0 Å². The van der Waals surface area contributed by atoms with Crippen LogP contribution in [0.5, 0.6) is 23.0 Å². The molecule has 0 bridgehead atoms. The number of aryl methyl sites for hydroxylation is 1. The first kappa shape index (κ1) is 17.7. The lowest BCUT2D eigenvalue weighted by Gasteiger charge is -2.08. The van der Waals surface area contributed by atoms with Gasteiger partial charge < -0.3 is 29.1 Å². The average Bonchev–Trinajstić information content (AvgIpc) is 3.32. The summed E-state index contributed by atoms with van der Waals surface area (Å²) in [6.45, 7) is 2.05. The van der Waals surface area contributed by atoms with Crippen molar-refractivity contribution in [2.75, 3.05) is 13.9 Å². The molecule has 2 N–H and O–H groups in total. The van der Waals surface area contributed by atoms with Crippen LogP contribution in [0.25, 0.3) is 11.5 Å². The minimum Gasteiger partial charge on any atom is -0.493 e. The zero-order valence-corrected chi connectivity index (χ0v) is 15.4. The van der Waals surface area contributed by atoms with Gasteiger partial charge in [-0.15, -0.1) is 0 Å². The van der Waals surface area contributed by atoms with E-state index in [4.69, 9.17) is 29.1 Å².